The number of aryl methyl sites for hydroxylation is 2. The number of aliphatic carboxylic acids is 1. The predicted octanol–water partition coefficient (Wildman–Crippen LogP) is 4.21. The largest absolute Gasteiger partial charge is 0.493 e. The van der Waals surface area contributed by atoms with E-state index in [4.69, 9.17) is 14.3 Å². The molecule has 0 bridgehead atoms. The Labute approximate surface area is 152 Å². The van der Waals surface area contributed by atoms with Crippen LogP contribution in [0.3, 0.4) is 0 Å². The summed E-state index contributed by atoms with van der Waals surface area (Å²) in [7, 11) is 0. The monoisotopic (exact) mass is 351 g/mol. The highest BCUT2D eigenvalue weighted by Gasteiger charge is 2.12. The van der Waals surface area contributed by atoms with Crippen molar-refractivity contribution in [3.8, 4) is 17.2 Å². The average molecular weight is 351 g/mol. The van der Waals surface area contributed by atoms with Crippen LogP contribution >= 0.6 is 0 Å². The number of ether oxygens (including phenoxy) is 1. The topological polar surface area (TPSA) is 72.6 Å². The SMILES string of the molecule is Cc1cccc(-c2nc(CCOc3cccc(CC(=O)O)c3)c(C)o2)c1. The van der Waals surface area contributed by atoms with Crippen LogP contribution in [0.25, 0.3) is 11.5 Å². The van der Waals surface area contributed by atoms with Crippen LogP contribution in [0, 0.1) is 13.8 Å². The van der Waals surface area contributed by atoms with E-state index in [1.165, 1.54) is 0 Å². The number of carbonyl (C=O) groups is 1. The van der Waals surface area contributed by atoms with E-state index in [-0.39, 0.29) is 6.42 Å². The molecular formula is C21H21NO4. The van der Waals surface area contributed by atoms with E-state index < -0.39 is 5.97 Å². The molecule has 0 aliphatic carbocycles. The van der Waals surface area contributed by atoms with Crippen molar-refractivity contribution >= 4 is 5.97 Å². The summed E-state index contributed by atoms with van der Waals surface area (Å²) >= 11 is 0. The third-order valence-corrected chi connectivity index (χ3v) is 4.02. The van der Waals surface area contributed by atoms with Crippen molar-refractivity contribution in [2.24, 2.45) is 0 Å². The first-order valence-electron chi connectivity index (χ1n) is 8.48. The van der Waals surface area contributed by atoms with Gasteiger partial charge in [-0.25, -0.2) is 4.98 Å². The molecule has 0 aliphatic heterocycles. The van der Waals surface area contributed by atoms with Crippen LogP contribution < -0.4 is 4.74 Å². The molecule has 1 N–H and O–H groups in total. The van der Waals surface area contributed by atoms with Crippen molar-refractivity contribution in [2.75, 3.05) is 6.61 Å². The van der Waals surface area contributed by atoms with E-state index in [9.17, 15) is 4.79 Å². The van der Waals surface area contributed by atoms with Crippen molar-refractivity contribution in [1.82, 2.24) is 4.98 Å². The van der Waals surface area contributed by atoms with E-state index >= 15 is 0 Å². The minimum Gasteiger partial charge on any atom is -0.493 e. The van der Waals surface area contributed by atoms with Gasteiger partial charge in [0.05, 0.1) is 18.7 Å². The van der Waals surface area contributed by atoms with Gasteiger partial charge in [-0.1, -0.05) is 29.8 Å². The average Bonchev–Trinajstić information content (AvgIpc) is 2.96. The second-order valence-electron chi connectivity index (χ2n) is 6.21. The summed E-state index contributed by atoms with van der Waals surface area (Å²) in [4.78, 5) is 15.4. The zero-order valence-electron chi connectivity index (χ0n) is 14.9. The van der Waals surface area contributed by atoms with Crippen LogP contribution in [0.4, 0.5) is 0 Å². The first-order valence-corrected chi connectivity index (χ1v) is 8.48. The summed E-state index contributed by atoms with van der Waals surface area (Å²) in [5, 5.41) is 8.87. The predicted molar refractivity (Wildman–Crippen MR) is 98.4 cm³/mol. The van der Waals surface area contributed by atoms with Gasteiger partial charge < -0.3 is 14.3 Å². The molecule has 1 heterocycles. The Morgan fingerprint density at radius 3 is 2.73 bits per heavy atom. The van der Waals surface area contributed by atoms with Gasteiger partial charge >= 0.3 is 5.97 Å². The van der Waals surface area contributed by atoms with Gasteiger partial charge in [0.25, 0.3) is 0 Å². The van der Waals surface area contributed by atoms with Gasteiger partial charge in [0.2, 0.25) is 5.89 Å². The number of benzene rings is 2. The Kier molecular flexibility index (Phi) is 5.37. The van der Waals surface area contributed by atoms with Crippen LogP contribution in [0.15, 0.2) is 52.9 Å². The fourth-order valence-electron chi connectivity index (χ4n) is 2.75. The number of nitrogens with zero attached hydrogens (tertiary/aromatic N) is 1. The molecule has 5 heteroatoms. The summed E-state index contributed by atoms with van der Waals surface area (Å²) in [5.74, 6) is 1.20. The highest BCUT2D eigenvalue weighted by Crippen LogP contribution is 2.23. The van der Waals surface area contributed by atoms with Gasteiger partial charge in [-0.05, 0) is 43.7 Å². The molecule has 0 radical (unpaired) electrons. The Morgan fingerprint density at radius 1 is 1.15 bits per heavy atom. The van der Waals surface area contributed by atoms with Crippen molar-refractivity contribution in [2.45, 2.75) is 26.7 Å². The quantitative estimate of drug-likeness (QED) is 0.690. The third-order valence-electron chi connectivity index (χ3n) is 4.02. The molecule has 0 fully saturated rings. The number of carboxylic acids is 1. The smallest absolute Gasteiger partial charge is 0.307 e. The van der Waals surface area contributed by atoms with E-state index in [0.29, 0.717) is 30.2 Å². The Hall–Kier alpha value is -3.08. The second-order valence-corrected chi connectivity index (χ2v) is 6.21. The minimum absolute atomic E-state index is 0.0144. The lowest BCUT2D eigenvalue weighted by atomic mass is 10.1. The van der Waals surface area contributed by atoms with Crippen molar-refractivity contribution in [1.29, 1.82) is 0 Å². The highest BCUT2D eigenvalue weighted by atomic mass is 16.5. The van der Waals surface area contributed by atoms with Crippen LogP contribution in [-0.2, 0) is 17.6 Å². The molecule has 1 aromatic heterocycles. The molecule has 0 spiro atoms. The van der Waals surface area contributed by atoms with Crippen LogP contribution in [0.2, 0.25) is 0 Å². The molecule has 134 valence electrons. The lowest BCUT2D eigenvalue weighted by Crippen LogP contribution is -2.04. The van der Waals surface area contributed by atoms with Crippen LogP contribution in [0.1, 0.15) is 22.6 Å². The van der Waals surface area contributed by atoms with Gasteiger partial charge in [-0.2, -0.15) is 0 Å². The first kappa shape index (κ1) is 17.7. The maximum atomic E-state index is 10.8. The third kappa shape index (κ3) is 4.51. The standard InChI is InChI=1S/C21H21NO4/c1-14-5-3-7-17(11-14)21-22-19(15(2)26-21)9-10-25-18-8-4-6-16(12-18)13-20(23)24/h3-8,11-12H,9-10,13H2,1-2H3,(H,23,24). The van der Waals surface area contributed by atoms with Gasteiger partial charge in [0.15, 0.2) is 0 Å². The summed E-state index contributed by atoms with van der Waals surface area (Å²) in [6, 6.07) is 15.2. The van der Waals surface area contributed by atoms with Gasteiger partial charge in [0.1, 0.15) is 11.5 Å². The molecule has 0 amide bonds. The first-order chi connectivity index (χ1) is 12.5. The molecule has 0 saturated heterocycles. The van der Waals surface area contributed by atoms with Gasteiger partial charge in [0, 0.05) is 12.0 Å². The number of oxazole rings is 1. The number of rotatable bonds is 7. The minimum atomic E-state index is -0.857. The maximum Gasteiger partial charge on any atom is 0.307 e. The van der Waals surface area contributed by atoms with Crippen molar-refractivity contribution in [3.05, 3.63) is 71.1 Å². The van der Waals surface area contributed by atoms with Gasteiger partial charge in [-0.3, -0.25) is 4.79 Å². The van der Waals surface area contributed by atoms with E-state index in [0.717, 1.165) is 22.6 Å². The normalized spacial score (nSPS) is 10.7. The zero-order chi connectivity index (χ0) is 18.5. The molecule has 26 heavy (non-hydrogen) atoms. The number of hydrogen-bond acceptors (Lipinski definition) is 4. The highest BCUT2D eigenvalue weighted by molar-refractivity contribution is 5.70. The summed E-state index contributed by atoms with van der Waals surface area (Å²) in [5.41, 5.74) is 3.70. The lowest BCUT2D eigenvalue weighted by molar-refractivity contribution is -0.136. The van der Waals surface area contributed by atoms with E-state index in [1.807, 2.05) is 44.2 Å². The molecule has 0 aliphatic rings. The molecule has 3 aromatic rings. The Balaban J connectivity index is 1.63. The molecule has 5 nitrogen and oxygen atoms in total. The lowest BCUT2D eigenvalue weighted by Gasteiger charge is -2.06. The zero-order valence-corrected chi connectivity index (χ0v) is 14.9. The Bertz CT molecular complexity index is 914. The number of carboxylic acid groups (broad SMARTS) is 1. The molecule has 3 rings (SSSR count). The molecular weight excluding hydrogens is 330 g/mol. The van der Waals surface area contributed by atoms with E-state index in [2.05, 4.69) is 4.98 Å². The summed E-state index contributed by atoms with van der Waals surface area (Å²) in [6.45, 7) is 4.37. The number of aromatic nitrogens is 1. The summed E-state index contributed by atoms with van der Waals surface area (Å²) in [6.07, 6.45) is 0.601. The molecule has 0 unspecified atom stereocenters. The fourth-order valence-corrected chi connectivity index (χ4v) is 2.75. The second kappa shape index (κ2) is 7.87. The summed E-state index contributed by atoms with van der Waals surface area (Å²) < 4.78 is 11.5. The van der Waals surface area contributed by atoms with Crippen LogP contribution in [0.5, 0.6) is 5.75 Å². The number of hydrogen-bond donors (Lipinski definition) is 1. The molecule has 0 saturated carbocycles. The van der Waals surface area contributed by atoms with Crippen molar-refractivity contribution < 1.29 is 19.1 Å². The maximum absolute atomic E-state index is 10.8. The van der Waals surface area contributed by atoms with Crippen LogP contribution in [-0.4, -0.2) is 22.7 Å². The fraction of sp³-hybridized carbons (Fsp3) is 0.238. The molecule has 0 atom stereocenters. The molecule has 2 aromatic carbocycles. The van der Waals surface area contributed by atoms with E-state index in [1.54, 1.807) is 18.2 Å². The van der Waals surface area contributed by atoms with Gasteiger partial charge in [-0.15, -0.1) is 0 Å². The van der Waals surface area contributed by atoms with Crippen molar-refractivity contribution in [3.63, 3.8) is 0 Å². The Morgan fingerprint density at radius 2 is 1.96 bits per heavy atom.